The summed E-state index contributed by atoms with van der Waals surface area (Å²) >= 11 is 0. The van der Waals surface area contributed by atoms with Crippen LogP contribution in [0, 0.1) is 0 Å². The molecule has 0 radical (unpaired) electrons. The van der Waals surface area contributed by atoms with Crippen molar-refractivity contribution in [3.8, 4) is 11.1 Å². The zero-order chi connectivity index (χ0) is 18.5. The Bertz CT molecular complexity index is 904. The van der Waals surface area contributed by atoms with Crippen LogP contribution in [-0.4, -0.2) is 16.8 Å². The van der Waals surface area contributed by atoms with Crippen molar-refractivity contribution in [2.75, 3.05) is 0 Å². The molecule has 0 saturated heterocycles. The van der Waals surface area contributed by atoms with Gasteiger partial charge >= 0.3 is 0 Å². The van der Waals surface area contributed by atoms with E-state index in [2.05, 4.69) is 10.3 Å². The number of pyridine rings is 1. The molecule has 130 valence electrons. The second-order valence-electron chi connectivity index (χ2n) is 6.00. The number of nitrogens with two attached hydrogens (primary N) is 1. The molecule has 3 N–H and O–H groups in total. The number of carbonyl (C=O) groups excluding carboxylic acids is 2. The molecule has 1 aromatic heterocycles. The van der Waals surface area contributed by atoms with E-state index in [1.54, 1.807) is 30.5 Å². The number of hydrogen-bond acceptors (Lipinski definition) is 3. The van der Waals surface area contributed by atoms with Crippen molar-refractivity contribution >= 4 is 11.8 Å². The zero-order valence-corrected chi connectivity index (χ0v) is 14.3. The summed E-state index contributed by atoms with van der Waals surface area (Å²) in [5.41, 5.74) is 9.18. The minimum absolute atomic E-state index is 0.152. The van der Waals surface area contributed by atoms with Crippen molar-refractivity contribution in [2.24, 2.45) is 5.73 Å². The predicted molar refractivity (Wildman–Crippen MR) is 101 cm³/mol. The highest BCUT2D eigenvalue weighted by Gasteiger charge is 2.12. The fourth-order valence-corrected chi connectivity index (χ4v) is 2.65. The molecular weight excluding hydrogens is 326 g/mol. The molecule has 0 aliphatic heterocycles. The first-order valence-corrected chi connectivity index (χ1v) is 8.25. The van der Waals surface area contributed by atoms with Gasteiger partial charge in [0.05, 0.1) is 6.04 Å². The first-order valence-electron chi connectivity index (χ1n) is 8.25. The lowest BCUT2D eigenvalue weighted by atomic mass is 10.0. The van der Waals surface area contributed by atoms with Crippen LogP contribution in [0.25, 0.3) is 11.1 Å². The van der Waals surface area contributed by atoms with Crippen LogP contribution >= 0.6 is 0 Å². The minimum atomic E-state index is -0.515. The van der Waals surface area contributed by atoms with Crippen LogP contribution in [0.3, 0.4) is 0 Å². The van der Waals surface area contributed by atoms with Crippen LogP contribution in [-0.2, 0) is 0 Å². The zero-order valence-electron chi connectivity index (χ0n) is 14.3. The first-order chi connectivity index (χ1) is 12.5. The van der Waals surface area contributed by atoms with Gasteiger partial charge in [-0.1, -0.05) is 30.3 Å². The van der Waals surface area contributed by atoms with Crippen molar-refractivity contribution in [1.29, 1.82) is 0 Å². The van der Waals surface area contributed by atoms with Gasteiger partial charge in [0, 0.05) is 23.5 Å². The molecule has 1 atom stereocenters. The number of amides is 2. The van der Waals surface area contributed by atoms with Gasteiger partial charge in [-0.3, -0.25) is 14.6 Å². The number of hydrogen-bond donors (Lipinski definition) is 2. The number of nitrogens with one attached hydrogen (secondary N) is 1. The fraction of sp³-hybridized carbons (Fsp3) is 0.0952. The third-order valence-electron chi connectivity index (χ3n) is 4.18. The molecule has 1 heterocycles. The maximum atomic E-state index is 12.4. The van der Waals surface area contributed by atoms with Crippen LogP contribution in [0.15, 0.2) is 73.1 Å². The molecule has 0 aliphatic rings. The predicted octanol–water partition coefficient (Wildman–Crippen LogP) is 3.34. The molecule has 2 amide bonds. The van der Waals surface area contributed by atoms with Gasteiger partial charge in [-0.05, 0) is 53.9 Å². The van der Waals surface area contributed by atoms with Gasteiger partial charge in [-0.25, -0.2) is 0 Å². The van der Waals surface area contributed by atoms with Crippen molar-refractivity contribution in [2.45, 2.75) is 13.0 Å². The average molecular weight is 345 g/mol. The Labute approximate surface area is 151 Å². The molecule has 0 spiro atoms. The molecule has 0 aliphatic carbocycles. The largest absolute Gasteiger partial charge is 0.366 e. The molecule has 5 heteroatoms. The molecule has 5 nitrogen and oxygen atoms in total. The molecule has 3 rings (SSSR count). The summed E-state index contributed by atoms with van der Waals surface area (Å²) in [7, 11) is 0. The van der Waals surface area contributed by atoms with E-state index < -0.39 is 5.91 Å². The maximum absolute atomic E-state index is 12.4. The highest BCUT2D eigenvalue weighted by atomic mass is 16.2. The number of primary amides is 1. The number of carbonyl (C=O) groups is 2. The van der Waals surface area contributed by atoms with Crippen molar-refractivity contribution in [3.63, 3.8) is 0 Å². The van der Waals surface area contributed by atoms with Gasteiger partial charge in [0.25, 0.3) is 5.91 Å². The second kappa shape index (κ2) is 7.61. The Morgan fingerprint density at radius 2 is 1.58 bits per heavy atom. The van der Waals surface area contributed by atoms with E-state index in [1.807, 2.05) is 49.5 Å². The van der Waals surface area contributed by atoms with E-state index >= 15 is 0 Å². The normalized spacial score (nSPS) is 11.6. The van der Waals surface area contributed by atoms with E-state index in [9.17, 15) is 9.59 Å². The van der Waals surface area contributed by atoms with Crippen molar-refractivity contribution in [3.05, 3.63) is 89.7 Å². The van der Waals surface area contributed by atoms with E-state index in [0.717, 1.165) is 16.7 Å². The molecule has 0 fully saturated rings. The van der Waals surface area contributed by atoms with Gasteiger partial charge in [0.1, 0.15) is 0 Å². The van der Waals surface area contributed by atoms with E-state index in [0.29, 0.717) is 11.1 Å². The smallest absolute Gasteiger partial charge is 0.251 e. The summed E-state index contributed by atoms with van der Waals surface area (Å²) in [5, 5.41) is 2.95. The highest BCUT2D eigenvalue weighted by molar-refractivity contribution is 5.97. The van der Waals surface area contributed by atoms with E-state index in [-0.39, 0.29) is 11.9 Å². The number of aromatic nitrogens is 1. The third kappa shape index (κ3) is 3.95. The summed E-state index contributed by atoms with van der Waals surface area (Å²) in [6.07, 6.45) is 3.56. The van der Waals surface area contributed by atoms with E-state index in [1.165, 1.54) is 0 Å². The summed E-state index contributed by atoms with van der Waals surface area (Å²) in [6, 6.07) is 18.0. The number of nitrogens with zero attached hydrogens (tertiary/aromatic N) is 1. The highest BCUT2D eigenvalue weighted by Crippen LogP contribution is 2.21. The molecular formula is C21H19N3O2. The molecule has 26 heavy (non-hydrogen) atoms. The van der Waals surface area contributed by atoms with Gasteiger partial charge in [0.2, 0.25) is 5.91 Å². The van der Waals surface area contributed by atoms with Crippen LogP contribution in [0.2, 0.25) is 0 Å². The van der Waals surface area contributed by atoms with Crippen molar-refractivity contribution in [1.82, 2.24) is 10.3 Å². The Kier molecular flexibility index (Phi) is 5.08. The van der Waals surface area contributed by atoms with E-state index in [4.69, 9.17) is 5.73 Å². The summed E-state index contributed by atoms with van der Waals surface area (Å²) in [5.74, 6) is -0.719. The Morgan fingerprint density at radius 1 is 0.923 bits per heavy atom. The Hall–Kier alpha value is -3.47. The summed E-state index contributed by atoms with van der Waals surface area (Å²) < 4.78 is 0. The second-order valence-corrected chi connectivity index (χ2v) is 6.00. The average Bonchev–Trinajstić information content (AvgIpc) is 2.68. The van der Waals surface area contributed by atoms with Gasteiger partial charge < -0.3 is 11.1 Å². The lowest BCUT2D eigenvalue weighted by Gasteiger charge is -2.15. The summed E-state index contributed by atoms with van der Waals surface area (Å²) in [4.78, 5) is 27.6. The molecule has 0 bridgehead atoms. The fourth-order valence-electron chi connectivity index (χ4n) is 2.65. The van der Waals surface area contributed by atoms with Crippen LogP contribution in [0.1, 0.15) is 39.2 Å². The van der Waals surface area contributed by atoms with Crippen molar-refractivity contribution < 1.29 is 9.59 Å². The van der Waals surface area contributed by atoms with Crippen LogP contribution in [0.5, 0.6) is 0 Å². The summed E-state index contributed by atoms with van der Waals surface area (Å²) in [6.45, 7) is 1.93. The number of benzene rings is 2. The quantitative estimate of drug-likeness (QED) is 0.744. The van der Waals surface area contributed by atoms with Crippen LogP contribution < -0.4 is 11.1 Å². The topological polar surface area (TPSA) is 85.1 Å². The molecule has 0 unspecified atom stereocenters. The number of rotatable bonds is 5. The molecule has 3 aromatic rings. The van der Waals surface area contributed by atoms with Gasteiger partial charge in [0.15, 0.2) is 0 Å². The maximum Gasteiger partial charge on any atom is 0.251 e. The standard InChI is InChI=1S/C21H19N3O2/c1-14(24-21(26)18-10-8-17(9-11-18)20(22)25)15-4-6-16(7-5-15)19-3-2-12-23-13-19/h2-14H,1H3,(H2,22,25)(H,24,26)/t14-/m0/s1. The minimum Gasteiger partial charge on any atom is -0.366 e. The lowest BCUT2D eigenvalue weighted by Crippen LogP contribution is -2.26. The van der Waals surface area contributed by atoms with Gasteiger partial charge in [-0.2, -0.15) is 0 Å². The Morgan fingerprint density at radius 3 is 2.15 bits per heavy atom. The van der Waals surface area contributed by atoms with Gasteiger partial charge in [-0.15, -0.1) is 0 Å². The monoisotopic (exact) mass is 345 g/mol. The first kappa shape index (κ1) is 17.4. The molecule has 0 saturated carbocycles. The SMILES string of the molecule is C[C@H](NC(=O)c1ccc(C(N)=O)cc1)c1ccc(-c2cccnc2)cc1. The Balaban J connectivity index is 1.68. The third-order valence-corrected chi connectivity index (χ3v) is 4.18. The lowest BCUT2D eigenvalue weighted by molar-refractivity contribution is 0.0937. The molecule has 2 aromatic carbocycles. The van der Waals surface area contributed by atoms with Crippen LogP contribution in [0.4, 0.5) is 0 Å².